The molecule has 0 aliphatic carbocycles. The third-order valence-corrected chi connectivity index (χ3v) is 3.56. The molecular formula is C12H12BrClN2O2. The number of hydrogen-bond donors (Lipinski definition) is 0. The first-order chi connectivity index (χ1) is 8.54. The molecule has 1 aromatic carbocycles. The van der Waals surface area contributed by atoms with Gasteiger partial charge in [0.2, 0.25) is 0 Å². The van der Waals surface area contributed by atoms with Crippen molar-refractivity contribution in [1.29, 1.82) is 0 Å². The van der Waals surface area contributed by atoms with Crippen LogP contribution < -0.4 is 0 Å². The molecular weight excluding hydrogens is 320 g/mol. The van der Waals surface area contributed by atoms with E-state index in [1.165, 1.54) is 0 Å². The predicted molar refractivity (Wildman–Crippen MR) is 73.8 cm³/mol. The Labute approximate surface area is 118 Å². The fourth-order valence-electron chi connectivity index (χ4n) is 1.87. The SMILES string of the molecule is CCOC(=O)Cc1c(Cl)ccc2c1c(Br)nn2C. The van der Waals surface area contributed by atoms with Gasteiger partial charge in [0.1, 0.15) is 4.60 Å². The van der Waals surface area contributed by atoms with E-state index in [1.807, 2.05) is 13.1 Å². The molecule has 0 N–H and O–H groups in total. The van der Waals surface area contributed by atoms with E-state index in [4.69, 9.17) is 16.3 Å². The first kappa shape index (κ1) is 13.4. The second-order valence-electron chi connectivity index (χ2n) is 3.82. The molecule has 0 radical (unpaired) electrons. The number of nitrogens with zero attached hydrogens (tertiary/aromatic N) is 2. The molecule has 4 nitrogen and oxygen atoms in total. The van der Waals surface area contributed by atoms with Crippen LogP contribution in [-0.4, -0.2) is 22.4 Å². The Balaban J connectivity index is 2.54. The fourth-order valence-corrected chi connectivity index (χ4v) is 2.78. The Bertz CT molecular complexity index is 610. The zero-order chi connectivity index (χ0) is 13.3. The first-order valence-corrected chi connectivity index (χ1v) is 6.67. The molecule has 0 saturated heterocycles. The summed E-state index contributed by atoms with van der Waals surface area (Å²) in [7, 11) is 1.84. The largest absolute Gasteiger partial charge is 0.466 e. The molecule has 0 aliphatic rings. The monoisotopic (exact) mass is 330 g/mol. The highest BCUT2D eigenvalue weighted by Gasteiger charge is 2.17. The van der Waals surface area contributed by atoms with E-state index in [1.54, 1.807) is 17.7 Å². The maximum Gasteiger partial charge on any atom is 0.310 e. The average molecular weight is 332 g/mol. The van der Waals surface area contributed by atoms with Crippen molar-refractivity contribution in [1.82, 2.24) is 9.78 Å². The number of aromatic nitrogens is 2. The second-order valence-corrected chi connectivity index (χ2v) is 4.97. The van der Waals surface area contributed by atoms with Crippen molar-refractivity contribution in [2.24, 2.45) is 7.05 Å². The second kappa shape index (κ2) is 5.28. The van der Waals surface area contributed by atoms with Crippen LogP contribution in [0.1, 0.15) is 12.5 Å². The molecule has 0 atom stereocenters. The van der Waals surface area contributed by atoms with Crippen molar-refractivity contribution in [3.8, 4) is 0 Å². The minimum Gasteiger partial charge on any atom is -0.466 e. The standard InChI is InChI=1S/C12H12BrClN2O2/c1-3-18-10(17)6-7-8(14)4-5-9-11(7)12(13)15-16(9)2/h4-5H,3,6H2,1-2H3. The summed E-state index contributed by atoms with van der Waals surface area (Å²) in [5, 5.41) is 5.67. The Kier molecular flexibility index (Phi) is 3.92. The summed E-state index contributed by atoms with van der Waals surface area (Å²) in [5.74, 6) is -0.289. The molecule has 6 heteroatoms. The predicted octanol–water partition coefficient (Wildman–Crippen LogP) is 3.09. The van der Waals surface area contributed by atoms with Crippen molar-refractivity contribution in [3.63, 3.8) is 0 Å². The molecule has 0 saturated carbocycles. The van der Waals surface area contributed by atoms with Gasteiger partial charge in [-0.15, -0.1) is 0 Å². The lowest BCUT2D eigenvalue weighted by Crippen LogP contribution is -2.08. The van der Waals surface area contributed by atoms with Crippen LogP contribution in [0.4, 0.5) is 0 Å². The van der Waals surface area contributed by atoms with E-state index in [9.17, 15) is 4.79 Å². The number of carbonyl (C=O) groups is 1. The third kappa shape index (κ3) is 2.37. The Morgan fingerprint density at radius 3 is 2.94 bits per heavy atom. The van der Waals surface area contributed by atoms with E-state index in [0.717, 1.165) is 16.5 Å². The summed E-state index contributed by atoms with van der Waals surface area (Å²) < 4.78 is 7.38. The number of ether oxygens (including phenoxy) is 1. The summed E-state index contributed by atoms with van der Waals surface area (Å²) in [6.45, 7) is 2.14. The number of esters is 1. The molecule has 1 aromatic heterocycles. The molecule has 0 fully saturated rings. The molecule has 0 aliphatic heterocycles. The molecule has 1 heterocycles. The van der Waals surface area contributed by atoms with Crippen LogP contribution in [0, 0.1) is 0 Å². The van der Waals surface area contributed by atoms with E-state index in [0.29, 0.717) is 16.2 Å². The average Bonchev–Trinajstić information content (AvgIpc) is 2.59. The van der Waals surface area contributed by atoms with Gasteiger partial charge in [0, 0.05) is 17.5 Å². The zero-order valence-electron chi connectivity index (χ0n) is 10.0. The van der Waals surface area contributed by atoms with Gasteiger partial charge in [0.15, 0.2) is 0 Å². The highest BCUT2D eigenvalue weighted by molar-refractivity contribution is 9.10. The van der Waals surface area contributed by atoms with Crippen molar-refractivity contribution in [2.45, 2.75) is 13.3 Å². The molecule has 0 bridgehead atoms. The summed E-state index contributed by atoms with van der Waals surface area (Å²) in [6.07, 6.45) is 0.147. The minimum atomic E-state index is -0.289. The summed E-state index contributed by atoms with van der Waals surface area (Å²) in [5.41, 5.74) is 1.66. The molecule has 0 unspecified atom stereocenters. The van der Waals surface area contributed by atoms with Gasteiger partial charge in [-0.05, 0) is 40.5 Å². The topological polar surface area (TPSA) is 44.1 Å². The number of benzene rings is 1. The number of fused-ring (bicyclic) bond motifs is 1. The van der Waals surface area contributed by atoms with Gasteiger partial charge < -0.3 is 4.74 Å². The van der Waals surface area contributed by atoms with Gasteiger partial charge in [-0.1, -0.05) is 11.6 Å². The van der Waals surface area contributed by atoms with Crippen LogP contribution in [0.25, 0.3) is 10.9 Å². The maximum atomic E-state index is 11.6. The van der Waals surface area contributed by atoms with Crippen LogP contribution in [0.5, 0.6) is 0 Å². The van der Waals surface area contributed by atoms with Crippen molar-refractivity contribution in [3.05, 3.63) is 27.3 Å². The quantitative estimate of drug-likeness (QED) is 0.812. The summed E-state index contributed by atoms with van der Waals surface area (Å²) in [6, 6.07) is 3.65. The molecule has 2 rings (SSSR count). The van der Waals surface area contributed by atoms with Crippen LogP contribution in [0.15, 0.2) is 16.7 Å². The minimum absolute atomic E-state index is 0.147. The molecule has 0 spiro atoms. The van der Waals surface area contributed by atoms with Crippen LogP contribution in [0.2, 0.25) is 5.02 Å². The van der Waals surface area contributed by atoms with Gasteiger partial charge in [-0.25, -0.2) is 0 Å². The maximum absolute atomic E-state index is 11.6. The van der Waals surface area contributed by atoms with E-state index >= 15 is 0 Å². The Morgan fingerprint density at radius 2 is 2.28 bits per heavy atom. The van der Waals surface area contributed by atoms with Crippen LogP contribution in [-0.2, 0) is 23.0 Å². The van der Waals surface area contributed by atoms with Crippen LogP contribution >= 0.6 is 27.5 Å². The van der Waals surface area contributed by atoms with Gasteiger partial charge in [0.05, 0.1) is 18.5 Å². The number of aryl methyl sites for hydroxylation is 1. The number of rotatable bonds is 3. The molecule has 18 heavy (non-hydrogen) atoms. The van der Waals surface area contributed by atoms with Crippen LogP contribution in [0.3, 0.4) is 0 Å². The van der Waals surface area contributed by atoms with E-state index in [-0.39, 0.29) is 12.4 Å². The smallest absolute Gasteiger partial charge is 0.310 e. The number of hydrogen-bond acceptors (Lipinski definition) is 3. The third-order valence-electron chi connectivity index (χ3n) is 2.65. The highest BCUT2D eigenvalue weighted by atomic mass is 79.9. The van der Waals surface area contributed by atoms with Crippen molar-refractivity contribution < 1.29 is 9.53 Å². The van der Waals surface area contributed by atoms with Crippen molar-refractivity contribution in [2.75, 3.05) is 6.61 Å². The zero-order valence-corrected chi connectivity index (χ0v) is 12.4. The first-order valence-electron chi connectivity index (χ1n) is 5.49. The van der Waals surface area contributed by atoms with Gasteiger partial charge in [-0.3, -0.25) is 9.48 Å². The fraction of sp³-hybridized carbons (Fsp3) is 0.333. The van der Waals surface area contributed by atoms with Gasteiger partial charge in [-0.2, -0.15) is 5.10 Å². The summed E-state index contributed by atoms with van der Waals surface area (Å²) >= 11 is 9.55. The van der Waals surface area contributed by atoms with Crippen molar-refractivity contribution >= 4 is 44.4 Å². The molecule has 96 valence electrons. The summed E-state index contributed by atoms with van der Waals surface area (Å²) in [4.78, 5) is 11.6. The van der Waals surface area contributed by atoms with E-state index in [2.05, 4.69) is 21.0 Å². The lowest BCUT2D eigenvalue weighted by atomic mass is 10.1. The number of carbonyl (C=O) groups excluding carboxylic acids is 1. The lowest BCUT2D eigenvalue weighted by molar-refractivity contribution is -0.142. The molecule has 0 amide bonds. The Hall–Kier alpha value is -1.07. The van der Waals surface area contributed by atoms with Gasteiger partial charge >= 0.3 is 5.97 Å². The number of halogens is 2. The van der Waals surface area contributed by atoms with E-state index < -0.39 is 0 Å². The lowest BCUT2D eigenvalue weighted by Gasteiger charge is -2.06. The highest BCUT2D eigenvalue weighted by Crippen LogP contribution is 2.31. The van der Waals surface area contributed by atoms with Gasteiger partial charge in [0.25, 0.3) is 0 Å². The molecule has 2 aromatic rings. The Morgan fingerprint density at radius 1 is 1.56 bits per heavy atom. The normalized spacial score (nSPS) is 10.9.